The van der Waals surface area contributed by atoms with Gasteiger partial charge in [0.1, 0.15) is 22.9 Å². The van der Waals surface area contributed by atoms with Gasteiger partial charge in [0.05, 0.1) is 19.4 Å². The number of hydrogen-bond donors (Lipinski definition) is 1. The maximum absolute atomic E-state index is 5.95. The first-order chi connectivity index (χ1) is 13.2. The maximum Gasteiger partial charge on any atom is 0.294 e. The molecule has 3 aromatic heterocycles. The molecule has 2 N–H and O–H groups in total. The molecule has 0 unspecified atom stereocenters. The van der Waals surface area contributed by atoms with E-state index in [2.05, 4.69) is 19.5 Å². The average Bonchev–Trinajstić information content (AvgIpc) is 3.19. The Hall–Kier alpha value is -3.29. The third kappa shape index (κ3) is 3.25. The lowest BCUT2D eigenvalue weighted by Crippen LogP contribution is -2.04. The molecule has 0 saturated carbocycles. The summed E-state index contributed by atoms with van der Waals surface area (Å²) in [5.41, 5.74) is 8.23. The Bertz CT molecular complexity index is 1030. The first kappa shape index (κ1) is 17.1. The van der Waals surface area contributed by atoms with Crippen LogP contribution in [0.2, 0.25) is 0 Å². The van der Waals surface area contributed by atoms with Gasteiger partial charge in [-0.25, -0.2) is 9.97 Å². The number of ether oxygens (including phenoxy) is 2. The number of allylic oxidation sites excluding steroid dienone is 2. The lowest BCUT2D eigenvalue weighted by molar-refractivity contribution is 0.237. The number of aromatic nitrogens is 4. The summed E-state index contributed by atoms with van der Waals surface area (Å²) in [7, 11) is 0. The van der Waals surface area contributed by atoms with Crippen LogP contribution in [0.15, 0.2) is 40.7 Å². The standard InChI is InChI=1S/C19H21N5O3/c1-3-12(25-4-2)10-16-14-11-21-18(24(14)8-5-9-26-16)13-6-7-15-17(22-13)23-19(20)27-15/h3,6-7,10-11H,4-5,8-9H2,1-2H3,(H2,20,22,23)/b12-3+,16-10+. The second-order valence-electron chi connectivity index (χ2n) is 6.02. The minimum atomic E-state index is 0.102. The number of nitrogens with two attached hydrogens (primary N) is 1. The Morgan fingerprint density at radius 1 is 1.37 bits per heavy atom. The SMILES string of the molecule is C/C=C(\C=C1\OCCCn2c1cnc2-c1ccc2oc(N)nc2n1)OCC. The first-order valence-corrected chi connectivity index (χ1v) is 8.92. The molecule has 0 radical (unpaired) electrons. The fraction of sp³-hybridized carbons (Fsp3) is 0.316. The van der Waals surface area contributed by atoms with E-state index >= 15 is 0 Å². The molecule has 8 nitrogen and oxygen atoms in total. The molecule has 0 spiro atoms. The first-order valence-electron chi connectivity index (χ1n) is 8.92. The number of rotatable bonds is 4. The molecular formula is C19H21N5O3. The van der Waals surface area contributed by atoms with Crippen molar-refractivity contribution < 1.29 is 13.9 Å². The van der Waals surface area contributed by atoms with Crippen LogP contribution >= 0.6 is 0 Å². The number of oxazole rings is 1. The molecule has 140 valence electrons. The monoisotopic (exact) mass is 367 g/mol. The number of nitrogens with zero attached hydrogens (tertiary/aromatic N) is 4. The quantitative estimate of drug-likeness (QED) is 0.705. The normalized spacial score (nSPS) is 16.2. The highest BCUT2D eigenvalue weighted by Crippen LogP contribution is 2.28. The largest absolute Gasteiger partial charge is 0.494 e. The second kappa shape index (κ2) is 7.14. The van der Waals surface area contributed by atoms with E-state index < -0.39 is 0 Å². The molecule has 0 fully saturated rings. The van der Waals surface area contributed by atoms with Gasteiger partial charge in [-0.3, -0.25) is 0 Å². The molecule has 8 heteroatoms. The summed E-state index contributed by atoms with van der Waals surface area (Å²) in [5.74, 6) is 2.25. The smallest absolute Gasteiger partial charge is 0.294 e. The molecule has 0 aromatic carbocycles. The third-order valence-electron chi connectivity index (χ3n) is 4.26. The molecule has 27 heavy (non-hydrogen) atoms. The Labute approximate surface area is 156 Å². The molecule has 0 saturated heterocycles. The topological polar surface area (TPSA) is 101 Å². The van der Waals surface area contributed by atoms with E-state index in [4.69, 9.17) is 19.6 Å². The molecule has 1 aliphatic heterocycles. The maximum atomic E-state index is 5.95. The van der Waals surface area contributed by atoms with E-state index in [9.17, 15) is 0 Å². The summed E-state index contributed by atoms with van der Waals surface area (Å²) in [6, 6.07) is 3.76. The van der Waals surface area contributed by atoms with Crippen molar-refractivity contribution in [1.29, 1.82) is 0 Å². The van der Waals surface area contributed by atoms with Crippen molar-refractivity contribution in [2.45, 2.75) is 26.8 Å². The van der Waals surface area contributed by atoms with Crippen LogP contribution in [-0.2, 0) is 16.0 Å². The number of imidazole rings is 1. The predicted octanol–water partition coefficient (Wildman–Crippen LogP) is 3.37. The molecule has 0 amide bonds. The van der Waals surface area contributed by atoms with Gasteiger partial charge >= 0.3 is 0 Å². The summed E-state index contributed by atoms with van der Waals surface area (Å²) in [6.07, 6.45) is 6.49. The molecule has 0 bridgehead atoms. The highest BCUT2D eigenvalue weighted by atomic mass is 16.5. The Morgan fingerprint density at radius 2 is 2.26 bits per heavy atom. The van der Waals surface area contributed by atoms with E-state index in [1.54, 1.807) is 12.3 Å². The van der Waals surface area contributed by atoms with Crippen molar-refractivity contribution >= 4 is 23.0 Å². The van der Waals surface area contributed by atoms with Gasteiger partial charge in [-0.15, -0.1) is 0 Å². The van der Waals surface area contributed by atoms with Crippen LogP contribution < -0.4 is 5.73 Å². The molecule has 3 aromatic rings. The van der Waals surface area contributed by atoms with E-state index in [0.29, 0.717) is 30.1 Å². The summed E-state index contributed by atoms with van der Waals surface area (Å²) >= 11 is 0. The highest BCUT2D eigenvalue weighted by molar-refractivity contribution is 5.73. The van der Waals surface area contributed by atoms with Gasteiger partial charge in [-0.1, -0.05) is 0 Å². The van der Waals surface area contributed by atoms with Gasteiger partial charge in [0.25, 0.3) is 6.01 Å². The number of anilines is 1. The minimum Gasteiger partial charge on any atom is -0.494 e. The molecule has 4 heterocycles. The molecule has 1 aliphatic rings. The van der Waals surface area contributed by atoms with Crippen molar-refractivity contribution in [2.75, 3.05) is 18.9 Å². The fourth-order valence-corrected chi connectivity index (χ4v) is 3.06. The zero-order valence-corrected chi connectivity index (χ0v) is 15.3. The van der Waals surface area contributed by atoms with Crippen molar-refractivity contribution in [3.05, 3.63) is 41.9 Å². The lowest BCUT2D eigenvalue weighted by atomic mass is 10.3. The lowest BCUT2D eigenvalue weighted by Gasteiger charge is -2.10. The van der Waals surface area contributed by atoms with Crippen LogP contribution in [0.25, 0.3) is 28.5 Å². The van der Waals surface area contributed by atoms with Crippen molar-refractivity contribution in [2.24, 2.45) is 0 Å². The molecule has 0 aliphatic carbocycles. The Morgan fingerprint density at radius 3 is 3.07 bits per heavy atom. The molecule has 4 rings (SSSR count). The van der Waals surface area contributed by atoms with Crippen molar-refractivity contribution in [3.8, 4) is 11.5 Å². The van der Waals surface area contributed by atoms with Crippen LogP contribution in [0.3, 0.4) is 0 Å². The van der Waals surface area contributed by atoms with Crippen LogP contribution in [0.4, 0.5) is 6.01 Å². The van der Waals surface area contributed by atoms with Crippen LogP contribution in [0.1, 0.15) is 26.0 Å². The van der Waals surface area contributed by atoms with E-state index in [1.165, 1.54) is 0 Å². The second-order valence-corrected chi connectivity index (χ2v) is 6.02. The zero-order chi connectivity index (χ0) is 18.8. The Balaban J connectivity index is 1.77. The van der Waals surface area contributed by atoms with Crippen LogP contribution in [0, 0.1) is 0 Å². The van der Waals surface area contributed by atoms with Gasteiger partial charge in [0.2, 0.25) is 5.65 Å². The van der Waals surface area contributed by atoms with Gasteiger partial charge in [0, 0.05) is 12.6 Å². The van der Waals surface area contributed by atoms with Gasteiger partial charge in [-0.2, -0.15) is 4.98 Å². The molecular weight excluding hydrogens is 346 g/mol. The summed E-state index contributed by atoms with van der Waals surface area (Å²) in [6.45, 7) is 5.89. The number of pyridine rings is 1. The predicted molar refractivity (Wildman–Crippen MR) is 101 cm³/mol. The van der Waals surface area contributed by atoms with Gasteiger partial charge in [0.15, 0.2) is 11.4 Å². The van der Waals surface area contributed by atoms with Crippen molar-refractivity contribution in [1.82, 2.24) is 19.5 Å². The average molecular weight is 367 g/mol. The van der Waals surface area contributed by atoms with Crippen LogP contribution in [0.5, 0.6) is 0 Å². The summed E-state index contributed by atoms with van der Waals surface area (Å²) in [5, 5.41) is 0. The zero-order valence-electron chi connectivity index (χ0n) is 15.3. The van der Waals surface area contributed by atoms with E-state index in [-0.39, 0.29) is 6.01 Å². The summed E-state index contributed by atoms with van der Waals surface area (Å²) in [4.78, 5) is 13.2. The van der Waals surface area contributed by atoms with Gasteiger partial charge in [-0.05, 0) is 38.5 Å². The van der Waals surface area contributed by atoms with E-state index in [1.807, 2.05) is 32.1 Å². The van der Waals surface area contributed by atoms with Crippen LogP contribution in [-0.4, -0.2) is 32.7 Å². The van der Waals surface area contributed by atoms with E-state index in [0.717, 1.165) is 36.0 Å². The van der Waals surface area contributed by atoms with Gasteiger partial charge < -0.3 is 24.2 Å². The molecule has 0 atom stereocenters. The number of fused-ring (bicyclic) bond motifs is 2. The number of hydrogen-bond acceptors (Lipinski definition) is 7. The third-order valence-corrected chi connectivity index (χ3v) is 4.26. The van der Waals surface area contributed by atoms with Crippen molar-refractivity contribution in [3.63, 3.8) is 0 Å². The minimum absolute atomic E-state index is 0.102. The highest BCUT2D eigenvalue weighted by Gasteiger charge is 2.21. The summed E-state index contributed by atoms with van der Waals surface area (Å²) < 4.78 is 19.0. The fourth-order valence-electron chi connectivity index (χ4n) is 3.06. The Kier molecular flexibility index (Phi) is 4.53. The number of nitrogen functional groups attached to an aromatic ring is 1.